The number of hydrogen-bond acceptors (Lipinski definition) is 3. The van der Waals surface area contributed by atoms with E-state index < -0.39 is 0 Å². The minimum absolute atomic E-state index is 0.610. The highest BCUT2D eigenvalue weighted by Gasteiger charge is 2.27. The first-order valence-corrected chi connectivity index (χ1v) is 17.7. The lowest BCUT2D eigenvalue weighted by atomic mass is 9.89. The molecule has 0 radical (unpaired) electrons. The average molecular weight is 662 g/mol. The molecule has 0 N–H and O–H groups in total. The topological polar surface area (TPSA) is 43.9 Å². The highest BCUT2D eigenvalue weighted by molar-refractivity contribution is 6.44. The zero-order valence-corrected chi connectivity index (χ0v) is 27.8. The number of rotatable bonds is 2. The summed E-state index contributed by atoms with van der Waals surface area (Å²) in [7, 11) is 0. The Balaban J connectivity index is 1.36. The molecule has 0 spiro atoms. The summed E-state index contributed by atoms with van der Waals surface area (Å²) in [6.07, 6.45) is 0. The van der Waals surface area contributed by atoms with Gasteiger partial charge in [-0.1, -0.05) is 146 Å². The van der Waals surface area contributed by atoms with Gasteiger partial charge in [0.05, 0.1) is 16.7 Å². The zero-order valence-electron chi connectivity index (χ0n) is 27.8. The summed E-state index contributed by atoms with van der Waals surface area (Å²) in [5, 5.41) is 15.1. The Hall–Kier alpha value is -7.04. The first-order valence-electron chi connectivity index (χ1n) is 17.7. The van der Waals surface area contributed by atoms with Gasteiger partial charge in [0.1, 0.15) is 11.1 Å². The van der Waals surface area contributed by atoms with Crippen LogP contribution in [0.1, 0.15) is 0 Å². The maximum Gasteiger partial charge on any atom is 0.235 e. The Labute approximate surface area is 296 Å². The Morgan fingerprint density at radius 1 is 0.404 bits per heavy atom. The predicted octanol–water partition coefficient (Wildman–Crippen LogP) is 12.9. The van der Waals surface area contributed by atoms with Crippen LogP contribution in [-0.2, 0) is 0 Å². The first-order chi connectivity index (χ1) is 25.8. The van der Waals surface area contributed by atoms with E-state index in [4.69, 9.17) is 14.4 Å². The molecule has 9 aromatic carbocycles. The standard InChI is InChI=1S/C48H27N3O/c1-2-16-29-28(14-1)15-13-24-34(29)45-35-21-7-10-25-38(35)49-48(50-45)51-39-26-11-8-22-36(39)43-41-32-19-5-3-17-30(32)31-18-4-6-20-33(31)42(41)44-37-23-9-12-27-40(37)52-47(44)46(43)51/h1-27H. The van der Waals surface area contributed by atoms with Crippen molar-refractivity contribution >= 4 is 97.7 Å². The van der Waals surface area contributed by atoms with Crippen LogP contribution < -0.4 is 0 Å². The Bertz CT molecular complexity index is 3470. The molecular weight excluding hydrogens is 635 g/mol. The number of aromatic nitrogens is 3. The summed E-state index contributed by atoms with van der Waals surface area (Å²) in [6, 6.07) is 58.0. The van der Waals surface area contributed by atoms with Crippen LogP contribution in [0.2, 0.25) is 0 Å². The van der Waals surface area contributed by atoms with Crippen molar-refractivity contribution in [1.29, 1.82) is 0 Å². The number of nitrogens with zero attached hydrogens (tertiary/aromatic N) is 3. The molecule has 0 bridgehead atoms. The van der Waals surface area contributed by atoms with E-state index in [2.05, 4.69) is 168 Å². The summed E-state index contributed by atoms with van der Waals surface area (Å²) < 4.78 is 9.26. The molecule has 0 saturated carbocycles. The van der Waals surface area contributed by atoms with Gasteiger partial charge in [0.15, 0.2) is 5.58 Å². The van der Waals surface area contributed by atoms with Gasteiger partial charge in [-0.25, -0.2) is 9.97 Å². The van der Waals surface area contributed by atoms with E-state index in [0.717, 1.165) is 71.3 Å². The zero-order chi connectivity index (χ0) is 33.9. The summed E-state index contributed by atoms with van der Waals surface area (Å²) in [4.78, 5) is 10.9. The second-order valence-corrected chi connectivity index (χ2v) is 13.6. The monoisotopic (exact) mass is 661 g/mol. The minimum Gasteiger partial charge on any atom is -0.454 e. The Morgan fingerprint density at radius 3 is 1.77 bits per heavy atom. The molecule has 0 fully saturated rings. The van der Waals surface area contributed by atoms with E-state index in [0.29, 0.717) is 5.95 Å². The van der Waals surface area contributed by atoms with Gasteiger partial charge in [-0.05, 0) is 50.5 Å². The fourth-order valence-corrected chi connectivity index (χ4v) is 8.84. The van der Waals surface area contributed by atoms with Crippen LogP contribution in [0.15, 0.2) is 168 Å². The minimum atomic E-state index is 0.610. The molecular formula is C48H27N3O. The van der Waals surface area contributed by atoms with Crippen LogP contribution in [0, 0.1) is 0 Å². The van der Waals surface area contributed by atoms with Gasteiger partial charge < -0.3 is 4.42 Å². The van der Waals surface area contributed by atoms with Crippen LogP contribution in [-0.4, -0.2) is 14.5 Å². The van der Waals surface area contributed by atoms with E-state index in [1.54, 1.807) is 0 Å². The van der Waals surface area contributed by atoms with E-state index in [-0.39, 0.29) is 0 Å². The van der Waals surface area contributed by atoms with Gasteiger partial charge in [0.25, 0.3) is 0 Å². The second kappa shape index (κ2) is 10.3. The highest BCUT2D eigenvalue weighted by atomic mass is 16.3. The van der Waals surface area contributed by atoms with E-state index in [9.17, 15) is 0 Å². The molecule has 0 aliphatic carbocycles. The molecule has 4 heteroatoms. The van der Waals surface area contributed by atoms with Gasteiger partial charge >= 0.3 is 0 Å². The normalized spacial score (nSPS) is 12.2. The quantitative estimate of drug-likeness (QED) is 0.173. The molecule has 3 aromatic heterocycles. The van der Waals surface area contributed by atoms with E-state index in [1.165, 1.54) is 37.7 Å². The molecule has 0 unspecified atom stereocenters. The molecule has 12 aromatic rings. The van der Waals surface area contributed by atoms with Gasteiger partial charge in [-0.15, -0.1) is 0 Å². The number of hydrogen-bond donors (Lipinski definition) is 0. The Morgan fingerprint density at radius 2 is 0.981 bits per heavy atom. The van der Waals surface area contributed by atoms with E-state index >= 15 is 0 Å². The van der Waals surface area contributed by atoms with Crippen molar-refractivity contribution in [2.24, 2.45) is 0 Å². The molecule has 0 aliphatic heterocycles. The van der Waals surface area contributed by atoms with Crippen molar-refractivity contribution in [2.45, 2.75) is 0 Å². The molecule has 0 atom stereocenters. The van der Waals surface area contributed by atoms with Crippen molar-refractivity contribution in [1.82, 2.24) is 14.5 Å². The predicted molar refractivity (Wildman–Crippen MR) is 217 cm³/mol. The van der Waals surface area contributed by atoms with Crippen LogP contribution in [0.3, 0.4) is 0 Å². The highest BCUT2D eigenvalue weighted by Crippen LogP contribution is 2.50. The number of furan rings is 1. The second-order valence-electron chi connectivity index (χ2n) is 13.6. The third-order valence-corrected chi connectivity index (χ3v) is 11.0. The smallest absolute Gasteiger partial charge is 0.235 e. The maximum atomic E-state index is 7.01. The summed E-state index contributed by atoms with van der Waals surface area (Å²) in [5.41, 5.74) is 6.57. The van der Waals surface area contributed by atoms with Crippen molar-refractivity contribution < 1.29 is 4.42 Å². The average Bonchev–Trinajstić information content (AvgIpc) is 3.77. The van der Waals surface area contributed by atoms with Gasteiger partial charge in [-0.3, -0.25) is 4.57 Å². The lowest BCUT2D eigenvalue weighted by Gasteiger charge is -2.15. The molecule has 0 amide bonds. The van der Waals surface area contributed by atoms with Crippen LogP contribution in [0.5, 0.6) is 0 Å². The van der Waals surface area contributed by atoms with Crippen molar-refractivity contribution in [2.75, 3.05) is 0 Å². The van der Waals surface area contributed by atoms with Crippen LogP contribution >= 0.6 is 0 Å². The Kier molecular flexibility index (Phi) is 5.47. The van der Waals surface area contributed by atoms with Crippen molar-refractivity contribution in [3.63, 3.8) is 0 Å². The SMILES string of the molecule is c1ccc2c(-c3nc(-n4c5ccccc5c5c6c7ccccc7c7ccccc7c6c6c7ccccc7oc6c54)nc4ccccc34)cccc2c1. The number of para-hydroxylation sites is 3. The fraction of sp³-hybridized carbons (Fsp3) is 0. The third kappa shape index (κ3) is 3.60. The maximum absolute atomic E-state index is 7.01. The van der Waals surface area contributed by atoms with Gasteiger partial charge in [0, 0.05) is 43.3 Å². The van der Waals surface area contributed by atoms with Crippen molar-refractivity contribution in [3.05, 3.63) is 164 Å². The summed E-state index contributed by atoms with van der Waals surface area (Å²) >= 11 is 0. The molecule has 4 nitrogen and oxygen atoms in total. The van der Waals surface area contributed by atoms with Gasteiger partial charge in [0.2, 0.25) is 5.95 Å². The molecule has 0 saturated heterocycles. The fourth-order valence-electron chi connectivity index (χ4n) is 8.84. The molecule has 12 rings (SSSR count). The van der Waals surface area contributed by atoms with Gasteiger partial charge in [-0.2, -0.15) is 0 Å². The summed E-state index contributed by atoms with van der Waals surface area (Å²) in [6.45, 7) is 0. The third-order valence-electron chi connectivity index (χ3n) is 11.0. The number of fused-ring (bicyclic) bond motifs is 17. The number of benzene rings is 9. The summed E-state index contributed by atoms with van der Waals surface area (Å²) in [5.74, 6) is 0.610. The van der Waals surface area contributed by atoms with Crippen LogP contribution in [0.4, 0.5) is 0 Å². The largest absolute Gasteiger partial charge is 0.454 e. The lowest BCUT2D eigenvalue weighted by molar-refractivity contribution is 0.671. The molecule has 52 heavy (non-hydrogen) atoms. The van der Waals surface area contributed by atoms with Crippen LogP contribution in [0.25, 0.3) is 115 Å². The molecule has 3 heterocycles. The van der Waals surface area contributed by atoms with Crippen molar-refractivity contribution in [3.8, 4) is 17.2 Å². The molecule has 0 aliphatic rings. The lowest BCUT2D eigenvalue weighted by Crippen LogP contribution is -2.04. The molecule has 240 valence electrons. The van der Waals surface area contributed by atoms with E-state index in [1.807, 2.05) is 0 Å². The first kappa shape index (κ1) is 27.7.